The summed E-state index contributed by atoms with van der Waals surface area (Å²) >= 11 is 0. The van der Waals surface area contributed by atoms with Crippen LogP contribution in [-0.4, -0.2) is 36.4 Å². The van der Waals surface area contributed by atoms with Crippen LogP contribution in [0.25, 0.3) is 5.76 Å². The summed E-state index contributed by atoms with van der Waals surface area (Å²) in [5, 5.41) is 10.0. The van der Waals surface area contributed by atoms with Gasteiger partial charge in [-0.1, -0.05) is 24.3 Å². The lowest BCUT2D eigenvalue weighted by molar-refractivity contribution is 0.0483. The van der Waals surface area contributed by atoms with Crippen LogP contribution in [0, 0.1) is 0 Å². The molecule has 17 heavy (non-hydrogen) atoms. The molecule has 2 atom stereocenters. The summed E-state index contributed by atoms with van der Waals surface area (Å²) in [6.45, 7) is 1.36. The number of epoxide rings is 1. The minimum absolute atomic E-state index is 0.236. The van der Waals surface area contributed by atoms with Crippen LogP contribution in [0.2, 0.25) is 0 Å². The number of nitrogens with zero attached hydrogens (tertiary/aromatic N) is 1. The molecule has 4 nitrogen and oxygen atoms in total. The van der Waals surface area contributed by atoms with Crippen molar-refractivity contribution in [3.8, 4) is 0 Å². The summed E-state index contributed by atoms with van der Waals surface area (Å²) in [5.74, 6) is 0.795. The zero-order valence-electron chi connectivity index (χ0n) is 9.67. The lowest BCUT2D eigenvalue weighted by Gasteiger charge is -2.30. The molecule has 2 aliphatic heterocycles. The lowest BCUT2D eigenvalue weighted by Crippen LogP contribution is -2.24. The largest absolute Gasteiger partial charge is 0.489 e. The first-order chi connectivity index (χ1) is 8.25. The van der Waals surface area contributed by atoms with E-state index in [-0.39, 0.29) is 6.10 Å². The van der Waals surface area contributed by atoms with E-state index in [1.165, 1.54) is 0 Å². The molecule has 0 spiro atoms. The zero-order chi connectivity index (χ0) is 11.8. The summed E-state index contributed by atoms with van der Waals surface area (Å²) in [6.07, 6.45) is 1.46. The van der Waals surface area contributed by atoms with Crippen molar-refractivity contribution in [2.75, 3.05) is 20.3 Å². The number of fused-ring (bicyclic) bond motifs is 1. The van der Waals surface area contributed by atoms with Crippen molar-refractivity contribution < 1.29 is 14.6 Å². The Bertz CT molecular complexity index is 454. The molecule has 1 N–H and O–H groups in total. The van der Waals surface area contributed by atoms with Crippen LogP contribution < -0.4 is 0 Å². The van der Waals surface area contributed by atoms with Crippen molar-refractivity contribution in [3.63, 3.8) is 0 Å². The SMILES string of the molecule is CN1C=C(OCC2CO2)c2ccccc2C1O. The van der Waals surface area contributed by atoms with Gasteiger partial charge < -0.3 is 19.5 Å². The third-order valence-corrected chi connectivity index (χ3v) is 3.04. The van der Waals surface area contributed by atoms with E-state index in [9.17, 15) is 5.11 Å². The summed E-state index contributed by atoms with van der Waals surface area (Å²) in [6, 6.07) is 7.75. The van der Waals surface area contributed by atoms with Crippen molar-refractivity contribution in [2.24, 2.45) is 0 Å². The van der Waals surface area contributed by atoms with E-state index in [0.717, 1.165) is 23.5 Å². The molecule has 1 fully saturated rings. The maximum Gasteiger partial charge on any atom is 0.153 e. The molecular weight excluding hydrogens is 218 g/mol. The quantitative estimate of drug-likeness (QED) is 0.800. The number of hydrogen-bond acceptors (Lipinski definition) is 4. The molecule has 0 amide bonds. The van der Waals surface area contributed by atoms with Gasteiger partial charge in [0.15, 0.2) is 6.23 Å². The first kappa shape index (κ1) is 10.6. The van der Waals surface area contributed by atoms with Gasteiger partial charge in [0.1, 0.15) is 18.5 Å². The van der Waals surface area contributed by atoms with Crippen molar-refractivity contribution in [2.45, 2.75) is 12.3 Å². The predicted octanol–water partition coefficient (Wildman–Crippen LogP) is 1.34. The molecule has 1 saturated heterocycles. The zero-order valence-corrected chi connectivity index (χ0v) is 9.67. The molecule has 4 heteroatoms. The molecule has 1 aromatic rings. The van der Waals surface area contributed by atoms with Crippen LogP contribution in [0.4, 0.5) is 0 Å². The van der Waals surface area contributed by atoms with Crippen molar-refractivity contribution >= 4 is 5.76 Å². The van der Waals surface area contributed by atoms with E-state index in [2.05, 4.69) is 0 Å². The van der Waals surface area contributed by atoms with E-state index < -0.39 is 6.23 Å². The molecule has 1 aromatic carbocycles. The summed E-state index contributed by atoms with van der Waals surface area (Å²) in [7, 11) is 1.83. The first-order valence-electron chi connectivity index (χ1n) is 5.71. The molecule has 0 aliphatic carbocycles. The van der Waals surface area contributed by atoms with Gasteiger partial charge in [0, 0.05) is 24.4 Å². The maximum atomic E-state index is 10.0. The number of rotatable bonds is 3. The smallest absolute Gasteiger partial charge is 0.153 e. The molecular formula is C13H15NO3. The minimum Gasteiger partial charge on any atom is -0.489 e. The Hall–Kier alpha value is -1.52. The van der Waals surface area contributed by atoms with Crippen molar-refractivity contribution in [1.29, 1.82) is 0 Å². The average molecular weight is 233 g/mol. The Morgan fingerprint density at radius 3 is 3.00 bits per heavy atom. The Labute approximate surface area is 100 Å². The first-order valence-corrected chi connectivity index (χ1v) is 5.71. The summed E-state index contributed by atoms with van der Waals surface area (Å²) in [5.41, 5.74) is 1.84. The minimum atomic E-state index is -0.601. The third-order valence-electron chi connectivity index (χ3n) is 3.04. The Morgan fingerprint density at radius 1 is 1.47 bits per heavy atom. The van der Waals surface area contributed by atoms with Crippen LogP contribution >= 0.6 is 0 Å². The van der Waals surface area contributed by atoms with Gasteiger partial charge in [-0.25, -0.2) is 0 Å². The van der Waals surface area contributed by atoms with Crippen LogP contribution in [0.3, 0.4) is 0 Å². The second-order valence-corrected chi connectivity index (χ2v) is 4.39. The van der Waals surface area contributed by atoms with Gasteiger partial charge in [0.2, 0.25) is 0 Å². The van der Waals surface area contributed by atoms with E-state index in [1.807, 2.05) is 37.5 Å². The Morgan fingerprint density at radius 2 is 2.24 bits per heavy atom. The number of ether oxygens (including phenoxy) is 2. The molecule has 2 aliphatic rings. The molecule has 0 bridgehead atoms. The summed E-state index contributed by atoms with van der Waals surface area (Å²) in [4.78, 5) is 1.74. The second kappa shape index (κ2) is 4.05. The van der Waals surface area contributed by atoms with Crippen LogP contribution in [0.5, 0.6) is 0 Å². The number of aliphatic hydroxyl groups excluding tert-OH is 1. The van der Waals surface area contributed by atoms with Crippen LogP contribution in [-0.2, 0) is 9.47 Å². The molecule has 90 valence electrons. The standard InChI is InChI=1S/C13H15NO3/c1-14-6-12(17-8-9-7-16-9)10-4-2-3-5-11(10)13(14)15/h2-6,9,13,15H,7-8H2,1H3. The fourth-order valence-electron chi connectivity index (χ4n) is 1.95. The van der Waals surface area contributed by atoms with Gasteiger partial charge in [-0.2, -0.15) is 0 Å². The molecule has 2 unspecified atom stereocenters. The van der Waals surface area contributed by atoms with Crippen molar-refractivity contribution in [1.82, 2.24) is 4.90 Å². The Kier molecular flexibility index (Phi) is 2.53. The van der Waals surface area contributed by atoms with E-state index in [0.29, 0.717) is 6.61 Å². The molecule has 0 aromatic heterocycles. The molecule has 0 saturated carbocycles. The lowest BCUT2D eigenvalue weighted by atomic mass is 10.0. The van der Waals surface area contributed by atoms with E-state index in [1.54, 1.807) is 4.90 Å². The third kappa shape index (κ3) is 2.01. The highest BCUT2D eigenvalue weighted by atomic mass is 16.6. The second-order valence-electron chi connectivity index (χ2n) is 4.39. The molecule has 3 rings (SSSR count). The molecule has 2 heterocycles. The highest BCUT2D eigenvalue weighted by Gasteiger charge is 2.27. The van der Waals surface area contributed by atoms with E-state index >= 15 is 0 Å². The average Bonchev–Trinajstić information content (AvgIpc) is 3.16. The topological polar surface area (TPSA) is 45.2 Å². The van der Waals surface area contributed by atoms with Gasteiger partial charge in [-0.05, 0) is 0 Å². The fraction of sp³-hybridized carbons (Fsp3) is 0.385. The number of aliphatic hydroxyl groups is 1. The predicted molar refractivity (Wildman–Crippen MR) is 62.8 cm³/mol. The highest BCUT2D eigenvalue weighted by Crippen LogP contribution is 2.33. The molecule has 0 radical (unpaired) electrons. The van der Waals surface area contributed by atoms with Gasteiger partial charge >= 0.3 is 0 Å². The van der Waals surface area contributed by atoms with Crippen LogP contribution in [0.15, 0.2) is 30.5 Å². The van der Waals surface area contributed by atoms with Gasteiger partial charge in [-0.15, -0.1) is 0 Å². The highest BCUT2D eigenvalue weighted by molar-refractivity contribution is 5.65. The van der Waals surface area contributed by atoms with Gasteiger partial charge in [0.25, 0.3) is 0 Å². The van der Waals surface area contributed by atoms with Crippen LogP contribution in [0.1, 0.15) is 17.4 Å². The number of hydrogen-bond donors (Lipinski definition) is 1. The van der Waals surface area contributed by atoms with Gasteiger partial charge in [-0.3, -0.25) is 0 Å². The van der Waals surface area contributed by atoms with Crippen molar-refractivity contribution in [3.05, 3.63) is 41.6 Å². The van der Waals surface area contributed by atoms with E-state index in [4.69, 9.17) is 9.47 Å². The maximum absolute atomic E-state index is 10.0. The normalized spacial score (nSPS) is 26.2. The monoisotopic (exact) mass is 233 g/mol. The summed E-state index contributed by atoms with van der Waals surface area (Å²) < 4.78 is 10.9. The Balaban J connectivity index is 1.88. The fourth-order valence-corrected chi connectivity index (χ4v) is 1.95. The van der Waals surface area contributed by atoms with Gasteiger partial charge in [0.05, 0.1) is 6.61 Å². The number of benzene rings is 1.